The molecule has 2 aliphatic rings. The molecule has 0 atom stereocenters. The Morgan fingerprint density at radius 3 is 2.24 bits per heavy atom. The molecule has 0 radical (unpaired) electrons. The van der Waals surface area contributed by atoms with E-state index in [1.807, 2.05) is 4.90 Å². The van der Waals surface area contributed by atoms with Gasteiger partial charge in [-0.2, -0.15) is 10.1 Å². The molecular weight excluding hydrogens is 430 g/mol. The quantitative estimate of drug-likeness (QED) is 0.625. The first kappa shape index (κ1) is 21.8. The smallest absolute Gasteiger partial charge is 0.263 e. The van der Waals surface area contributed by atoms with E-state index >= 15 is 0 Å². The number of hydrogen-bond donors (Lipinski definition) is 1. The number of nitrogens with zero attached hydrogens (tertiary/aromatic N) is 7. The molecule has 2 aliphatic heterocycles. The van der Waals surface area contributed by atoms with E-state index in [1.165, 1.54) is 18.3 Å². The summed E-state index contributed by atoms with van der Waals surface area (Å²) in [4.78, 5) is 27.8. The molecule has 33 heavy (non-hydrogen) atoms. The molecule has 1 N–H and O–H groups in total. The highest BCUT2D eigenvalue weighted by molar-refractivity contribution is 5.74. The lowest BCUT2D eigenvalue weighted by Crippen LogP contribution is -2.48. The van der Waals surface area contributed by atoms with E-state index in [1.54, 1.807) is 16.6 Å². The number of aryl methyl sites for hydroxylation is 1. The van der Waals surface area contributed by atoms with Crippen molar-refractivity contribution in [1.82, 2.24) is 29.5 Å². The molecule has 5 rings (SSSR count). The number of halogens is 2. The summed E-state index contributed by atoms with van der Waals surface area (Å²) in [6.07, 6.45) is 1.49. The average Bonchev–Trinajstić information content (AvgIpc) is 3.17. The van der Waals surface area contributed by atoms with Gasteiger partial charge in [0.2, 0.25) is 5.95 Å². The average molecular weight is 459 g/mol. The molecule has 3 aromatic rings. The summed E-state index contributed by atoms with van der Waals surface area (Å²) in [6.45, 7) is 6.04. The Morgan fingerprint density at radius 2 is 1.58 bits per heavy atom. The topological polar surface area (TPSA) is 76.5 Å². The van der Waals surface area contributed by atoms with Crippen LogP contribution in [0.15, 0.2) is 23.1 Å². The van der Waals surface area contributed by atoms with Gasteiger partial charge in [0.25, 0.3) is 5.56 Å². The Morgan fingerprint density at radius 1 is 0.939 bits per heavy atom. The number of piperazine rings is 2. The number of benzene rings is 1. The van der Waals surface area contributed by atoms with Crippen LogP contribution in [-0.2, 0) is 13.6 Å². The molecule has 0 saturated carbocycles. The zero-order valence-corrected chi connectivity index (χ0v) is 18.9. The number of aromatic amines is 1. The largest absolute Gasteiger partial charge is 0.363 e. The van der Waals surface area contributed by atoms with Crippen molar-refractivity contribution in [2.45, 2.75) is 6.54 Å². The molecule has 11 heteroatoms. The van der Waals surface area contributed by atoms with E-state index in [0.717, 1.165) is 26.2 Å². The Balaban J connectivity index is 1.28. The second-order valence-electron chi connectivity index (χ2n) is 8.86. The van der Waals surface area contributed by atoms with Crippen LogP contribution in [0.1, 0.15) is 5.56 Å². The van der Waals surface area contributed by atoms with Gasteiger partial charge in [-0.25, -0.2) is 8.78 Å². The van der Waals surface area contributed by atoms with Crippen LogP contribution in [0.5, 0.6) is 0 Å². The van der Waals surface area contributed by atoms with Gasteiger partial charge < -0.3 is 14.7 Å². The lowest BCUT2D eigenvalue weighted by Gasteiger charge is -2.36. The molecule has 2 fully saturated rings. The first-order valence-corrected chi connectivity index (χ1v) is 11.2. The maximum absolute atomic E-state index is 15.0. The van der Waals surface area contributed by atoms with E-state index in [9.17, 15) is 13.6 Å². The lowest BCUT2D eigenvalue weighted by atomic mass is 10.1. The molecule has 0 bridgehead atoms. The molecule has 4 heterocycles. The van der Waals surface area contributed by atoms with Crippen LogP contribution in [0.3, 0.4) is 0 Å². The molecular formula is C22H28F2N8O. The highest BCUT2D eigenvalue weighted by atomic mass is 19.1. The third-order valence-electron chi connectivity index (χ3n) is 6.56. The summed E-state index contributed by atoms with van der Waals surface area (Å²) in [6, 6.07) is 2.91. The summed E-state index contributed by atoms with van der Waals surface area (Å²) >= 11 is 0. The Bertz CT molecular complexity index is 1190. The molecule has 0 spiro atoms. The fourth-order valence-corrected chi connectivity index (χ4v) is 4.59. The number of likely N-dealkylation sites (N-methyl/N-ethyl adjacent to an activating group) is 1. The minimum atomic E-state index is -0.532. The summed E-state index contributed by atoms with van der Waals surface area (Å²) in [5.74, 6) is -0.620. The minimum Gasteiger partial charge on any atom is -0.363 e. The van der Waals surface area contributed by atoms with E-state index in [0.29, 0.717) is 55.3 Å². The fourth-order valence-electron chi connectivity index (χ4n) is 4.59. The zero-order valence-electron chi connectivity index (χ0n) is 18.9. The van der Waals surface area contributed by atoms with Crippen LogP contribution >= 0.6 is 0 Å². The highest BCUT2D eigenvalue weighted by Crippen LogP contribution is 2.27. The van der Waals surface area contributed by atoms with E-state index in [2.05, 4.69) is 31.9 Å². The summed E-state index contributed by atoms with van der Waals surface area (Å²) in [5.41, 5.74) is 0.922. The van der Waals surface area contributed by atoms with Crippen molar-refractivity contribution in [3.05, 3.63) is 45.9 Å². The predicted molar refractivity (Wildman–Crippen MR) is 123 cm³/mol. The van der Waals surface area contributed by atoms with Crippen molar-refractivity contribution >= 4 is 22.7 Å². The Labute approximate surface area is 190 Å². The second kappa shape index (κ2) is 8.71. The third-order valence-corrected chi connectivity index (χ3v) is 6.56. The minimum absolute atomic E-state index is 0.0142. The molecule has 0 amide bonds. The van der Waals surface area contributed by atoms with Gasteiger partial charge in [0.05, 0.1) is 6.20 Å². The summed E-state index contributed by atoms with van der Waals surface area (Å²) < 4.78 is 31.5. The van der Waals surface area contributed by atoms with Crippen molar-refractivity contribution in [3.8, 4) is 0 Å². The lowest BCUT2D eigenvalue weighted by molar-refractivity contribution is 0.148. The van der Waals surface area contributed by atoms with E-state index in [-0.39, 0.29) is 11.2 Å². The maximum Gasteiger partial charge on any atom is 0.263 e. The fraction of sp³-hybridized carbons (Fsp3) is 0.500. The van der Waals surface area contributed by atoms with Gasteiger partial charge in [-0.15, -0.1) is 0 Å². The van der Waals surface area contributed by atoms with Gasteiger partial charge in [0, 0.05) is 66.0 Å². The normalized spacial score (nSPS) is 18.4. The van der Waals surface area contributed by atoms with Crippen molar-refractivity contribution in [3.63, 3.8) is 0 Å². The van der Waals surface area contributed by atoms with Gasteiger partial charge in [-0.05, 0) is 24.7 Å². The van der Waals surface area contributed by atoms with Crippen LogP contribution in [-0.4, -0.2) is 89.0 Å². The van der Waals surface area contributed by atoms with Crippen LogP contribution in [0.4, 0.5) is 20.4 Å². The number of fused-ring (bicyclic) bond motifs is 1. The molecule has 176 valence electrons. The van der Waals surface area contributed by atoms with Gasteiger partial charge in [0.15, 0.2) is 5.65 Å². The van der Waals surface area contributed by atoms with Gasteiger partial charge in [-0.1, -0.05) is 0 Å². The van der Waals surface area contributed by atoms with Gasteiger partial charge in [-0.3, -0.25) is 19.4 Å². The summed E-state index contributed by atoms with van der Waals surface area (Å²) in [7, 11) is 3.81. The molecule has 9 nitrogen and oxygen atoms in total. The number of rotatable bonds is 4. The number of nitrogens with one attached hydrogen (secondary N) is 1. The number of H-pyrrole nitrogens is 1. The van der Waals surface area contributed by atoms with Crippen molar-refractivity contribution < 1.29 is 8.78 Å². The Hall–Kier alpha value is -3.05. The SMILES string of the molecule is CN1CCN(Cc2cc(F)c(N3CCN(c4nc5c(cnn5C)c(=O)[nH]4)CC3)c(F)c2)CC1. The van der Waals surface area contributed by atoms with E-state index in [4.69, 9.17) is 0 Å². The first-order chi connectivity index (χ1) is 15.9. The molecule has 0 aliphatic carbocycles. The van der Waals surface area contributed by atoms with Gasteiger partial charge in [0.1, 0.15) is 22.7 Å². The Kier molecular flexibility index (Phi) is 5.75. The molecule has 1 aromatic carbocycles. The number of aromatic nitrogens is 4. The first-order valence-electron chi connectivity index (χ1n) is 11.2. The maximum atomic E-state index is 15.0. The van der Waals surface area contributed by atoms with Gasteiger partial charge >= 0.3 is 0 Å². The van der Waals surface area contributed by atoms with Crippen LogP contribution in [0, 0.1) is 11.6 Å². The monoisotopic (exact) mass is 458 g/mol. The van der Waals surface area contributed by atoms with Crippen LogP contribution in [0.25, 0.3) is 11.0 Å². The van der Waals surface area contributed by atoms with Crippen molar-refractivity contribution in [2.75, 3.05) is 69.2 Å². The second-order valence-corrected chi connectivity index (χ2v) is 8.86. The zero-order chi connectivity index (χ0) is 23.1. The highest BCUT2D eigenvalue weighted by Gasteiger charge is 2.25. The van der Waals surface area contributed by atoms with Crippen LogP contribution in [0.2, 0.25) is 0 Å². The standard InChI is InChI=1S/C22H28F2N8O/c1-28-3-5-30(6-4-28)14-15-11-17(23)19(18(24)12-15)31-7-9-32(10-8-31)22-26-20-16(21(33)27-22)13-25-29(20)2/h11-13H,3-10,14H2,1-2H3,(H,26,27,33). The van der Waals surface area contributed by atoms with Crippen molar-refractivity contribution in [2.24, 2.45) is 7.05 Å². The van der Waals surface area contributed by atoms with E-state index < -0.39 is 11.6 Å². The molecule has 2 saturated heterocycles. The van der Waals surface area contributed by atoms with Crippen LogP contribution < -0.4 is 15.4 Å². The van der Waals surface area contributed by atoms with Crippen molar-refractivity contribution in [1.29, 1.82) is 0 Å². The summed E-state index contributed by atoms with van der Waals surface area (Å²) in [5, 5.41) is 4.51. The predicted octanol–water partition coefficient (Wildman–Crippen LogP) is 1.01. The number of hydrogen-bond acceptors (Lipinski definition) is 7. The molecule has 0 unspecified atom stereocenters. The number of anilines is 2. The molecule has 2 aromatic heterocycles. The third kappa shape index (κ3) is 4.30.